The van der Waals surface area contributed by atoms with E-state index in [9.17, 15) is 12.8 Å². The average molecular weight is 313 g/mol. The van der Waals surface area contributed by atoms with E-state index in [4.69, 9.17) is 10.5 Å². The second-order valence-electron chi connectivity index (χ2n) is 5.46. The van der Waals surface area contributed by atoms with Gasteiger partial charge in [0.1, 0.15) is 18.2 Å². The second-order valence-corrected chi connectivity index (χ2v) is 8.32. The molecule has 0 heterocycles. The summed E-state index contributed by atoms with van der Waals surface area (Å²) in [4.78, 5) is 0. The number of nitrogens with two attached hydrogens (primary N) is 1. The van der Waals surface area contributed by atoms with Crippen molar-refractivity contribution in [2.45, 2.75) is 25.5 Å². The van der Waals surface area contributed by atoms with Crippen LogP contribution >= 0.6 is 0 Å². The quantitative estimate of drug-likeness (QED) is 0.860. The maximum atomic E-state index is 13.4. The minimum atomic E-state index is -3.27. The van der Waals surface area contributed by atoms with Gasteiger partial charge >= 0.3 is 0 Å². The molecule has 1 rings (SSSR count). The van der Waals surface area contributed by atoms with E-state index in [2.05, 4.69) is 11.8 Å². The molecule has 1 aromatic carbocycles. The van der Waals surface area contributed by atoms with E-state index < -0.39 is 20.4 Å². The summed E-state index contributed by atoms with van der Waals surface area (Å²) in [6.07, 6.45) is 0. The molecule has 0 saturated carbocycles. The van der Waals surface area contributed by atoms with Gasteiger partial charge in [0.15, 0.2) is 9.84 Å². The number of hydrogen-bond acceptors (Lipinski definition) is 4. The van der Waals surface area contributed by atoms with Crippen molar-refractivity contribution in [3.05, 3.63) is 29.6 Å². The molecule has 0 radical (unpaired) electrons. The van der Waals surface area contributed by atoms with Gasteiger partial charge in [0.25, 0.3) is 0 Å². The predicted molar refractivity (Wildman–Crippen MR) is 81.4 cm³/mol. The molecular formula is C15H20FNO3S. The van der Waals surface area contributed by atoms with E-state index in [1.807, 2.05) is 0 Å². The van der Waals surface area contributed by atoms with Crippen LogP contribution in [0.15, 0.2) is 18.2 Å². The van der Waals surface area contributed by atoms with Crippen molar-refractivity contribution in [2.24, 2.45) is 5.73 Å². The molecule has 6 heteroatoms. The fourth-order valence-corrected chi connectivity index (χ4v) is 2.36. The smallest absolute Gasteiger partial charge is 0.158 e. The van der Waals surface area contributed by atoms with Gasteiger partial charge in [-0.15, -0.1) is 0 Å². The maximum Gasteiger partial charge on any atom is 0.158 e. The zero-order chi connectivity index (χ0) is 16.1. The van der Waals surface area contributed by atoms with E-state index in [0.717, 1.165) is 0 Å². The van der Waals surface area contributed by atoms with Crippen molar-refractivity contribution in [1.82, 2.24) is 0 Å². The lowest BCUT2D eigenvalue weighted by Crippen LogP contribution is -2.32. The highest BCUT2D eigenvalue weighted by molar-refractivity contribution is 7.92. The fourth-order valence-electron chi connectivity index (χ4n) is 1.45. The first kappa shape index (κ1) is 17.5. The van der Waals surface area contributed by atoms with Crippen LogP contribution in [-0.4, -0.2) is 32.1 Å². The van der Waals surface area contributed by atoms with Crippen LogP contribution in [-0.2, 0) is 9.84 Å². The fraction of sp³-hybridized carbons (Fsp3) is 0.467. The summed E-state index contributed by atoms with van der Waals surface area (Å²) in [5.41, 5.74) is 5.69. The van der Waals surface area contributed by atoms with Crippen LogP contribution in [0.1, 0.15) is 26.3 Å². The zero-order valence-corrected chi connectivity index (χ0v) is 13.3. The molecule has 0 atom stereocenters. The molecule has 0 bridgehead atoms. The summed E-state index contributed by atoms with van der Waals surface area (Å²) in [7, 11) is -3.27. The first-order valence-electron chi connectivity index (χ1n) is 6.50. The van der Waals surface area contributed by atoms with Crippen molar-refractivity contribution < 1.29 is 17.5 Å². The predicted octanol–water partition coefficient (Wildman–Crippen LogP) is 1.73. The average Bonchev–Trinajstić information content (AvgIpc) is 2.34. The lowest BCUT2D eigenvalue weighted by molar-refractivity contribution is 0.337. The first-order chi connectivity index (χ1) is 9.65. The maximum absolute atomic E-state index is 13.4. The molecule has 0 fully saturated rings. The molecule has 0 aromatic heterocycles. The van der Waals surface area contributed by atoms with E-state index >= 15 is 0 Å². The Morgan fingerprint density at radius 3 is 2.52 bits per heavy atom. The molecule has 0 aliphatic rings. The Kier molecular flexibility index (Phi) is 5.76. The van der Waals surface area contributed by atoms with Gasteiger partial charge in [-0.25, -0.2) is 12.8 Å². The van der Waals surface area contributed by atoms with Gasteiger partial charge in [-0.05, 0) is 32.9 Å². The summed E-state index contributed by atoms with van der Waals surface area (Å²) >= 11 is 0. The number of benzene rings is 1. The molecule has 1 aromatic rings. The Morgan fingerprint density at radius 2 is 1.95 bits per heavy atom. The molecule has 4 nitrogen and oxygen atoms in total. The normalized spacial score (nSPS) is 11.7. The first-order valence-corrected chi connectivity index (χ1v) is 8.15. The Balaban J connectivity index is 2.75. The minimum Gasteiger partial charge on any atom is -0.492 e. The topological polar surface area (TPSA) is 69.4 Å². The minimum absolute atomic E-state index is 0.0349. The number of sulfone groups is 1. The van der Waals surface area contributed by atoms with Gasteiger partial charge in [0, 0.05) is 11.6 Å². The van der Waals surface area contributed by atoms with Gasteiger partial charge in [-0.2, -0.15) is 0 Å². The van der Waals surface area contributed by atoms with Crippen LogP contribution in [0.25, 0.3) is 0 Å². The molecule has 0 unspecified atom stereocenters. The van der Waals surface area contributed by atoms with Crippen molar-refractivity contribution >= 4 is 9.84 Å². The largest absolute Gasteiger partial charge is 0.492 e. The van der Waals surface area contributed by atoms with E-state index in [1.165, 1.54) is 12.1 Å². The SMILES string of the molecule is CC(C)(C)S(=O)(=O)CCOc1cc(F)cc(C#CCN)c1. The Hall–Kier alpha value is -1.58. The summed E-state index contributed by atoms with van der Waals surface area (Å²) in [6.45, 7) is 5.03. The number of halogens is 1. The van der Waals surface area contributed by atoms with Crippen molar-refractivity contribution in [2.75, 3.05) is 18.9 Å². The summed E-state index contributed by atoms with van der Waals surface area (Å²) in [6, 6.07) is 4.01. The molecule has 2 N–H and O–H groups in total. The Morgan fingerprint density at radius 1 is 1.29 bits per heavy atom. The van der Waals surface area contributed by atoms with Crippen LogP contribution in [0.2, 0.25) is 0 Å². The lowest BCUT2D eigenvalue weighted by atomic mass is 10.2. The van der Waals surface area contributed by atoms with Crippen LogP contribution < -0.4 is 10.5 Å². The van der Waals surface area contributed by atoms with E-state index in [1.54, 1.807) is 26.8 Å². The number of rotatable bonds is 4. The number of hydrogen-bond donors (Lipinski definition) is 1. The van der Waals surface area contributed by atoms with Crippen LogP contribution in [0, 0.1) is 17.7 Å². The third kappa shape index (κ3) is 5.37. The van der Waals surface area contributed by atoms with Gasteiger partial charge in [-0.1, -0.05) is 11.8 Å². The molecule has 0 saturated heterocycles. The van der Waals surface area contributed by atoms with Crippen LogP contribution in [0.5, 0.6) is 5.75 Å². The summed E-state index contributed by atoms with van der Waals surface area (Å²) in [5.74, 6) is 4.95. The summed E-state index contributed by atoms with van der Waals surface area (Å²) < 4.78 is 41.7. The second kappa shape index (κ2) is 6.92. The van der Waals surface area contributed by atoms with Gasteiger partial charge in [-0.3, -0.25) is 0 Å². The van der Waals surface area contributed by atoms with E-state index in [-0.39, 0.29) is 24.7 Å². The summed E-state index contributed by atoms with van der Waals surface area (Å²) in [5, 5.41) is 0. The standard InChI is InChI=1S/C15H20FNO3S/c1-15(2,3)21(18,19)8-7-20-14-10-12(5-4-6-17)9-13(16)11-14/h9-11H,6-8,17H2,1-3H3. The molecule has 0 aliphatic heterocycles. The highest BCUT2D eigenvalue weighted by atomic mass is 32.2. The van der Waals surface area contributed by atoms with Crippen LogP contribution in [0.4, 0.5) is 4.39 Å². The monoisotopic (exact) mass is 313 g/mol. The molecule has 0 spiro atoms. The zero-order valence-electron chi connectivity index (χ0n) is 12.4. The van der Waals surface area contributed by atoms with Gasteiger partial charge in [0.05, 0.1) is 17.0 Å². The molecule has 0 amide bonds. The molecule has 21 heavy (non-hydrogen) atoms. The highest BCUT2D eigenvalue weighted by Gasteiger charge is 2.28. The Bertz CT molecular complexity index is 652. The third-order valence-corrected chi connectivity index (χ3v) is 5.33. The van der Waals surface area contributed by atoms with E-state index in [0.29, 0.717) is 5.56 Å². The third-order valence-electron chi connectivity index (χ3n) is 2.76. The van der Waals surface area contributed by atoms with Gasteiger partial charge < -0.3 is 10.5 Å². The van der Waals surface area contributed by atoms with Gasteiger partial charge in [0.2, 0.25) is 0 Å². The van der Waals surface area contributed by atoms with Crippen molar-refractivity contribution in [1.29, 1.82) is 0 Å². The molecular weight excluding hydrogens is 293 g/mol. The van der Waals surface area contributed by atoms with Crippen LogP contribution in [0.3, 0.4) is 0 Å². The Labute approximate surface area is 125 Å². The highest BCUT2D eigenvalue weighted by Crippen LogP contribution is 2.18. The number of ether oxygens (including phenoxy) is 1. The van der Waals surface area contributed by atoms with Crippen molar-refractivity contribution in [3.8, 4) is 17.6 Å². The van der Waals surface area contributed by atoms with Crippen molar-refractivity contribution in [3.63, 3.8) is 0 Å². The molecule has 116 valence electrons. The molecule has 0 aliphatic carbocycles. The lowest BCUT2D eigenvalue weighted by Gasteiger charge is -2.19.